The molecule has 0 aliphatic carbocycles. The van der Waals surface area contributed by atoms with Crippen LogP contribution in [0.3, 0.4) is 0 Å². The Morgan fingerprint density at radius 1 is 1.40 bits per heavy atom. The maximum absolute atomic E-state index is 10.7. The molecule has 1 heteroatoms. The number of carbonyl (C=O) groups is 1. The minimum atomic E-state index is 0.182. The van der Waals surface area contributed by atoms with E-state index in [0.717, 1.165) is 5.57 Å². The Bertz CT molecular complexity index is 164. The standard InChI is InChI=1S/C9H14O/c1-4-8(3)6-7-9(10)5-2/h4,6-7H,5H2,1-3H3/b7-6+,8-4+. The van der Waals surface area contributed by atoms with Crippen LogP contribution in [0.5, 0.6) is 0 Å². The molecule has 56 valence electrons. The van der Waals surface area contributed by atoms with Crippen LogP contribution in [0.2, 0.25) is 0 Å². The summed E-state index contributed by atoms with van der Waals surface area (Å²) in [4.78, 5) is 10.7. The van der Waals surface area contributed by atoms with E-state index in [9.17, 15) is 4.79 Å². The number of rotatable bonds is 3. The third-order valence-electron chi connectivity index (χ3n) is 1.34. The second-order valence-electron chi connectivity index (χ2n) is 2.19. The fourth-order valence-electron chi connectivity index (χ4n) is 0.438. The number of hydrogen-bond acceptors (Lipinski definition) is 1. The molecule has 0 atom stereocenters. The van der Waals surface area contributed by atoms with Gasteiger partial charge in [-0.3, -0.25) is 4.79 Å². The zero-order valence-corrected chi connectivity index (χ0v) is 6.85. The van der Waals surface area contributed by atoms with E-state index in [0.29, 0.717) is 6.42 Å². The van der Waals surface area contributed by atoms with Crippen molar-refractivity contribution in [3.63, 3.8) is 0 Å². The van der Waals surface area contributed by atoms with Crippen LogP contribution < -0.4 is 0 Å². The quantitative estimate of drug-likeness (QED) is 0.432. The van der Waals surface area contributed by atoms with Gasteiger partial charge in [0.1, 0.15) is 0 Å². The Morgan fingerprint density at radius 2 is 2.00 bits per heavy atom. The van der Waals surface area contributed by atoms with Crippen LogP contribution in [-0.4, -0.2) is 5.78 Å². The van der Waals surface area contributed by atoms with Gasteiger partial charge in [0.15, 0.2) is 5.78 Å². The van der Waals surface area contributed by atoms with E-state index in [1.165, 1.54) is 0 Å². The summed E-state index contributed by atoms with van der Waals surface area (Å²) in [7, 11) is 0. The van der Waals surface area contributed by atoms with E-state index in [-0.39, 0.29) is 5.78 Å². The molecular weight excluding hydrogens is 124 g/mol. The highest BCUT2D eigenvalue weighted by Crippen LogP contribution is 1.94. The van der Waals surface area contributed by atoms with Gasteiger partial charge in [-0.05, 0) is 19.9 Å². The molecule has 0 aromatic rings. The van der Waals surface area contributed by atoms with Crippen molar-refractivity contribution in [2.24, 2.45) is 0 Å². The van der Waals surface area contributed by atoms with E-state index >= 15 is 0 Å². The van der Waals surface area contributed by atoms with Gasteiger partial charge in [0.05, 0.1) is 0 Å². The van der Waals surface area contributed by atoms with Gasteiger partial charge in [0.2, 0.25) is 0 Å². The van der Waals surface area contributed by atoms with Crippen molar-refractivity contribution in [2.45, 2.75) is 27.2 Å². The summed E-state index contributed by atoms with van der Waals surface area (Å²) < 4.78 is 0. The van der Waals surface area contributed by atoms with Gasteiger partial charge in [-0.25, -0.2) is 0 Å². The molecule has 0 aromatic heterocycles. The zero-order valence-electron chi connectivity index (χ0n) is 6.85. The van der Waals surface area contributed by atoms with Crippen molar-refractivity contribution in [1.82, 2.24) is 0 Å². The van der Waals surface area contributed by atoms with Crippen molar-refractivity contribution in [3.05, 3.63) is 23.8 Å². The van der Waals surface area contributed by atoms with E-state index < -0.39 is 0 Å². The van der Waals surface area contributed by atoms with Crippen molar-refractivity contribution >= 4 is 5.78 Å². The highest BCUT2D eigenvalue weighted by molar-refractivity contribution is 5.89. The molecule has 10 heavy (non-hydrogen) atoms. The van der Waals surface area contributed by atoms with Gasteiger partial charge in [0, 0.05) is 6.42 Å². The lowest BCUT2D eigenvalue weighted by Crippen LogP contribution is -1.86. The molecule has 1 nitrogen and oxygen atoms in total. The average Bonchev–Trinajstić information content (AvgIpc) is 1.99. The van der Waals surface area contributed by atoms with E-state index in [1.807, 2.05) is 32.9 Å². The third kappa shape index (κ3) is 4.07. The van der Waals surface area contributed by atoms with Crippen molar-refractivity contribution in [1.29, 1.82) is 0 Å². The fraction of sp³-hybridized carbons (Fsp3) is 0.444. The molecule has 0 aliphatic heterocycles. The Hall–Kier alpha value is -0.850. The Morgan fingerprint density at radius 3 is 2.40 bits per heavy atom. The molecule has 0 rings (SSSR count). The second-order valence-corrected chi connectivity index (χ2v) is 2.19. The van der Waals surface area contributed by atoms with Gasteiger partial charge in [0.25, 0.3) is 0 Å². The minimum Gasteiger partial charge on any atom is -0.295 e. The molecule has 0 fully saturated rings. The lowest BCUT2D eigenvalue weighted by molar-refractivity contribution is -0.114. The summed E-state index contributed by atoms with van der Waals surface area (Å²) in [5, 5.41) is 0. The van der Waals surface area contributed by atoms with Crippen LogP contribution in [-0.2, 0) is 4.79 Å². The Kier molecular flexibility index (Phi) is 4.55. The van der Waals surface area contributed by atoms with Crippen LogP contribution in [0.4, 0.5) is 0 Å². The molecule has 0 amide bonds. The van der Waals surface area contributed by atoms with Crippen LogP contribution in [0.25, 0.3) is 0 Å². The van der Waals surface area contributed by atoms with Crippen LogP contribution in [0.1, 0.15) is 27.2 Å². The molecule has 0 saturated carbocycles. The number of allylic oxidation sites excluding steroid dienone is 4. The molecule has 0 spiro atoms. The maximum atomic E-state index is 10.7. The number of hydrogen-bond donors (Lipinski definition) is 0. The molecule has 0 radical (unpaired) electrons. The van der Waals surface area contributed by atoms with Gasteiger partial charge < -0.3 is 0 Å². The van der Waals surface area contributed by atoms with Gasteiger partial charge in [-0.15, -0.1) is 0 Å². The van der Waals surface area contributed by atoms with Crippen LogP contribution in [0.15, 0.2) is 23.8 Å². The van der Waals surface area contributed by atoms with Crippen LogP contribution >= 0.6 is 0 Å². The van der Waals surface area contributed by atoms with Crippen molar-refractivity contribution < 1.29 is 4.79 Å². The molecule has 0 N–H and O–H groups in total. The highest BCUT2D eigenvalue weighted by Gasteiger charge is 1.87. The molecule has 0 saturated heterocycles. The lowest BCUT2D eigenvalue weighted by Gasteiger charge is -1.86. The van der Waals surface area contributed by atoms with Crippen LogP contribution in [0, 0.1) is 0 Å². The first-order chi connectivity index (χ1) is 4.70. The number of ketones is 1. The summed E-state index contributed by atoms with van der Waals surface area (Å²) in [6.07, 6.45) is 6.02. The fourth-order valence-corrected chi connectivity index (χ4v) is 0.438. The van der Waals surface area contributed by atoms with Crippen molar-refractivity contribution in [3.8, 4) is 0 Å². The highest BCUT2D eigenvalue weighted by atomic mass is 16.1. The van der Waals surface area contributed by atoms with E-state index in [1.54, 1.807) is 6.08 Å². The van der Waals surface area contributed by atoms with E-state index in [2.05, 4.69) is 0 Å². The second kappa shape index (κ2) is 4.98. The largest absolute Gasteiger partial charge is 0.295 e. The molecule has 0 unspecified atom stereocenters. The summed E-state index contributed by atoms with van der Waals surface area (Å²) in [6.45, 7) is 5.78. The molecule has 0 heterocycles. The minimum absolute atomic E-state index is 0.182. The van der Waals surface area contributed by atoms with Gasteiger partial charge >= 0.3 is 0 Å². The molecule has 0 aromatic carbocycles. The average molecular weight is 138 g/mol. The summed E-state index contributed by atoms with van der Waals surface area (Å²) in [5.41, 5.74) is 1.13. The Balaban J connectivity index is 3.88. The topological polar surface area (TPSA) is 17.1 Å². The summed E-state index contributed by atoms with van der Waals surface area (Å²) in [5.74, 6) is 0.182. The zero-order chi connectivity index (χ0) is 7.98. The number of carbonyl (C=O) groups excluding carboxylic acids is 1. The third-order valence-corrected chi connectivity index (χ3v) is 1.34. The molecular formula is C9H14O. The smallest absolute Gasteiger partial charge is 0.155 e. The van der Waals surface area contributed by atoms with Gasteiger partial charge in [-0.1, -0.05) is 24.6 Å². The van der Waals surface area contributed by atoms with Crippen molar-refractivity contribution in [2.75, 3.05) is 0 Å². The summed E-state index contributed by atoms with van der Waals surface area (Å²) >= 11 is 0. The van der Waals surface area contributed by atoms with Gasteiger partial charge in [-0.2, -0.15) is 0 Å². The SMILES string of the molecule is C/C=C(C)/C=C/C(=O)CC. The molecule has 0 bridgehead atoms. The normalized spacial score (nSPS) is 12.5. The monoisotopic (exact) mass is 138 g/mol. The lowest BCUT2D eigenvalue weighted by atomic mass is 10.2. The van der Waals surface area contributed by atoms with E-state index in [4.69, 9.17) is 0 Å². The first-order valence-corrected chi connectivity index (χ1v) is 3.54. The summed E-state index contributed by atoms with van der Waals surface area (Å²) in [6, 6.07) is 0. The first kappa shape index (κ1) is 9.15. The predicted molar refractivity (Wildman–Crippen MR) is 43.9 cm³/mol. The maximum Gasteiger partial charge on any atom is 0.155 e. The predicted octanol–water partition coefficient (Wildman–Crippen LogP) is 2.49. The Labute approximate surface area is 62.4 Å². The molecule has 0 aliphatic rings. The first-order valence-electron chi connectivity index (χ1n) is 3.54.